The number of nitrogens with zero attached hydrogens (tertiary/aromatic N) is 2. The van der Waals surface area contributed by atoms with Crippen LogP contribution < -0.4 is 9.62 Å². The smallest absolute Gasteiger partial charge is 0.243 e. The molecule has 1 N–H and O–H groups in total. The zero-order valence-electron chi connectivity index (χ0n) is 24.7. The van der Waals surface area contributed by atoms with E-state index < -0.39 is 16.1 Å². The zero-order chi connectivity index (χ0) is 31.0. The third-order valence-electron chi connectivity index (χ3n) is 6.88. The molecule has 0 fully saturated rings. The Hall–Kier alpha value is -3.07. The molecule has 0 aromatic heterocycles. The van der Waals surface area contributed by atoms with E-state index in [9.17, 15) is 18.0 Å². The van der Waals surface area contributed by atoms with Gasteiger partial charge in [0.25, 0.3) is 0 Å². The Morgan fingerprint density at radius 2 is 1.57 bits per heavy atom. The second-order valence-electron chi connectivity index (χ2n) is 10.8. The summed E-state index contributed by atoms with van der Waals surface area (Å²) in [6.45, 7) is 7.61. The fraction of sp³-hybridized carbons (Fsp3) is 0.375. The molecule has 0 aliphatic rings. The van der Waals surface area contributed by atoms with Crippen LogP contribution in [0.4, 0.5) is 5.69 Å². The van der Waals surface area contributed by atoms with E-state index in [0.29, 0.717) is 21.3 Å². The summed E-state index contributed by atoms with van der Waals surface area (Å²) < 4.78 is 26.9. The molecule has 0 heterocycles. The van der Waals surface area contributed by atoms with Crippen LogP contribution in [0.3, 0.4) is 0 Å². The monoisotopic (exact) mass is 631 g/mol. The topological polar surface area (TPSA) is 86.8 Å². The van der Waals surface area contributed by atoms with Crippen LogP contribution in [0.25, 0.3) is 0 Å². The van der Waals surface area contributed by atoms with Crippen molar-refractivity contribution in [3.8, 4) is 0 Å². The molecule has 7 nitrogen and oxygen atoms in total. The number of amides is 2. The van der Waals surface area contributed by atoms with Gasteiger partial charge >= 0.3 is 0 Å². The number of benzene rings is 3. The van der Waals surface area contributed by atoms with Crippen LogP contribution in [0.1, 0.15) is 48.9 Å². The number of anilines is 1. The van der Waals surface area contributed by atoms with Gasteiger partial charge in [-0.1, -0.05) is 71.7 Å². The highest BCUT2D eigenvalue weighted by Crippen LogP contribution is 2.28. The van der Waals surface area contributed by atoms with E-state index in [1.54, 1.807) is 18.2 Å². The lowest BCUT2D eigenvalue weighted by Crippen LogP contribution is -2.52. The van der Waals surface area contributed by atoms with Crippen molar-refractivity contribution >= 4 is 50.7 Å². The quantitative estimate of drug-likeness (QED) is 0.239. The van der Waals surface area contributed by atoms with Gasteiger partial charge in [-0.15, -0.1) is 0 Å². The maximum absolute atomic E-state index is 14.0. The first-order chi connectivity index (χ1) is 19.8. The van der Waals surface area contributed by atoms with Crippen LogP contribution in [0.2, 0.25) is 10.0 Å². The van der Waals surface area contributed by atoms with Gasteiger partial charge in [0, 0.05) is 47.6 Å². The molecule has 42 heavy (non-hydrogen) atoms. The summed E-state index contributed by atoms with van der Waals surface area (Å²) >= 11 is 13.0. The predicted octanol–water partition coefficient (Wildman–Crippen LogP) is 6.32. The van der Waals surface area contributed by atoms with E-state index in [1.165, 1.54) is 9.21 Å². The highest BCUT2D eigenvalue weighted by molar-refractivity contribution is 7.92. The summed E-state index contributed by atoms with van der Waals surface area (Å²) in [6, 6.07) is 19.2. The third-order valence-corrected chi connectivity index (χ3v) is 8.77. The maximum Gasteiger partial charge on any atom is 0.243 e. The second kappa shape index (κ2) is 14.9. The molecule has 3 aromatic rings. The van der Waals surface area contributed by atoms with Crippen LogP contribution in [0.5, 0.6) is 0 Å². The molecule has 226 valence electrons. The summed E-state index contributed by atoms with van der Waals surface area (Å²) in [5.74, 6) is -0.598. The number of carbonyl (C=O) groups is 2. The minimum atomic E-state index is -3.61. The van der Waals surface area contributed by atoms with Gasteiger partial charge in [-0.05, 0) is 69.0 Å². The van der Waals surface area contributed by atoms with Crippen molar-refractivity contribution in [3.05, 3.63) is 99.0 Å². The molecule has 2 amide bonds. The van der Waals surface area contributed by atoms with Crippen LogP contribution in [0, 0.1) is 13.8 Å². The summed E-state index contributed by atoms with van der Waals surface area (Å²) in [7, 11) is -3.61. The normalized spacial score (nSPS) is 12.2. The van der Waals surface area contributed by atoms with Crippen molar-refractivity contribution < 1.29 is 18.0 Å². The van der Waals surface area contributed by atoms with Crippen molar-refractivity contribution in [1.29, 1.82) is 0 Å². The number of halogens is 2. The van der Waals surface area contributed by atoms with Crippen LogP contribution in [0.15, 0.2) is 66.7 Å². The molecule has 0 saturated heterocycles. The zero-order valence-corrected chi connectivity index (χ0v) is 27.1. The van der Waals surface area contributed by atoms with Crippen LogP contribution in [-0.2, 0) is 32.6 Å². The summed E-state index contributed by atoms with van der Waals surface area (Å²) in [5.41, 5.74) is 3.77. The lowest BCUT2D eigenvalue weighted by atomic mass is 10.0. The number of sulfonamides is 1. The largest absolute Gasteiger partial charge is 0.352 e. The summed E-state index contributed by atoms with van der Waals surface area (Å²) in [6.07, 6.45) is 1.70. The minimum Gasteiger partial charge on any atom is -0.352 e. The molecule has 0 radical (unpaired) electrons. The van der Waals surface area contributed by atoms with Crippen molar-refractivity contribution in [2.24, 2.45) is 0 Å². The Balaban J connectivity index is 1.94. The number of nitrogens with one attached hydrogen (secondary N) is 1. The van der Waals surface area contributed by atoms with E-state index in [0.717, 1.165) is 22.9 Å². The number of aryl methyl sites for hydroxylation is 2. The molecule has 3 rings (SSSR count). The Morgan fingerprint density at radius 3 is 2.17 bits per heavy atom. The standard InChI is InChI=1S/C32H39Cl2N3O4S/c1-22(2)35-32(39)30(20-25-11-7-6-8-12-25)36(21-26-27(33)13-9-14-28(26)34)31(38)15-10-18-37(42(5,40)41)29-19-23(3)16-17-24(29)4/h6-9,11-14,16-17,19,22,30H,10,15,18,20-21H2,1-5H3,(H,35,39). The fourth-order valence-electron chi connectivity index (χ4n) is 4.76. The first kappa shape index (κ1) is 33.4. The summed E-state index contributed by atoms with van der Waals surface area (Å²) in [5, 5.41) is 3.73. The highest BCUT2D eigenvalue weighted by Gasteiger charge is 2.32. The van der Waals surface area contributed by atoms with E-state index in [2.05, 4.69) is 5.32 Å². The molecule has 0 aliphatic carbocycles. The van der Waals surface area contributed by atoms with Crippen LogP contribution >= 0.6 is 23.2 Å². The number of rotatable bonds is 13. The SMILES string of the molecule is Cc1ccc(C)c(N(CCCC(=O)N(Cc2c(Cl)cccc2Cl)C(Cc2ccccc2)C(=O)NC(C)C)S(C)(=O)=O)c1. The van der Waals surface area contributed by atoms with Gasteiger partial charge in [0.15, 0.2) is 0 Å². The van der Waals surface area contributed by atoms with Gasteiger partial charge in [-0.25, -0.2) is 8.42 Å². The van der Waals surface area contributed by atoms with Crippen molar-refractivity contribution in [2.75, 3.05) is 17.1 Å². The van der Waals surface area contributed by atoms with Gasteiger partial charge in [-0.3, -0.25) is 13.9 Å². The molecule has 0 bridgehead atoms. The summed E-state index contributed by atoms with van der Waals surface area (Å²) in [4.78, 5) is 29.1. The molecular weight excluding hydrogens is 593 g/mol. The van der Waals surface area contributed by atoms with Crippen LogP contribution in [-0.4, -0.2) is 50.0 Å². The second-order valence-corrected chi connectivity index (χ2v) is 13.5. The first-order valence-electron chi connectivity index (χ1n) is 13.9. The van der Waals surface area contributed by atoms with Gasteiger partial charge in [-0.2, -0.15) is 0 Å². The van der Waals surface area contributed by atoms with E-state index in [4.69, 9.17) is 23.2 Å². The van der Waals surface area contributed by atoms with E-state index in [1.807, 2.05) is 76.2 Å². The number of hydrogen-bond acceptors (Lipinski definition) is 4. The molecule has 3 aromatic carbocycles. The van der Waals surface area contributed by atoms with E-state index >= 15 is 0 Å². The Labute approximate surface area is 259 Å². The Bertz CT molecular complexity index is 1480. The van der Waals surface area contributed by atoms with Gasteiger partial charge in [0.1, 0.15) is 6.04 Å². The molecule has 0 aliphatic heterocycles. The minimum absolute atomic E-state index is 0.0131. The third kappa shape index (κ3) is 9.21. The first-order valence-corrected chi connectivity index (χ1v) is 16.5. The Kier molecular flexibility index (Phi) is 11.9. The molecule has 0 spiro atoms. The lowest BCUT2D eigenvalue weighted by molar-refractivity contribution is -0.141. The van der Waals surface area contributed by atoms with Crippen molar-refractivity contribution in [1.82, 2.24) is 10.2 Å². The molecule has 1 atom stereocenters. The highest BCUT2D eigenvalue weighted by atomic mass is 35.5. The van der Waals surface area contributed by atoms with Crippen molar-refractivity contribution in [2.45, 2.75) is 65.6 Å². The van der Waals surface area contributed by atoms with Crippen molar-refractivity contribution in [3.63, 3.8) is 0 Å². The van der Waals surface area contributed by atoms with E-state index in [-0.39, 0.29) is 50.2 Å². The molecular formula is C32H39Cl2N3O4S. The van der Waals surface area contributed by atoms with Gasteiger partial charge < -0.3 is 10.2 Å². The molecule has 10 heteroatoms. The lowest BCUT2D eigenvalue weighted by Gasteiger charge is -2.33. The van der Waals surface area contributed by atoms with Gasteiger partial charge in [0.05, 0.1) is 11.9 Å². The molecule has 1 unspecified atom stereocenters. The molecule has 0 saturated carbocycles. The van der Waals surface area contributed by atoms with Gasteiger partial charge in [0.2, 0.25) is 21.8 Å². The Morgan fingerprint density at radius 1 is 0.929 bits per heavy atom. The average molecular weight is 633 g/mol. The number of hydrogen-bond donors (Lipinski definition) is 1. The number of carbonyl (C=O) groups excluding carboxylic acids is 2. The maximum atomic E-state index is 14.0. The predicted molar refractivity (Wildman–Crippen MR) is 172 cm³/mol. The average Bonchev–Trinajstić information content (AvgIpc) is 2.91. The fourth-order valence-corrected chi connectivity index (χ4v) is 6.29.